The van der Waals surface area contributed by atoms with Gasteiger partial charge in [0.15, 0.2) is 0 Å². The van der Waals surface area contributed by atoms with Gasteiger partial charge in [0.1, 0.15) is 24.8 Å². The standard InChI is InChI=1S/C52H41NO4/c1-54-34-56-51(43-26-12-6-20-37(43)38-21-7-13-27-44(38)51)47-30-16-10-24-41(47)49-32-33-50(53(49)36-18-4-3-5-19-36)42-25-11-17-31-48(42)52(57-35-55-2)45-28-14-8-22-39(45)40-23-9-15-29-46(40)52/h3-33H,34-35H2,1-2H3. The number of ether oxygens (including phenoxy) is 4. The smallest absolute Gasteiger partial charge is 0.148 e. The van der Waals surface area contributed by atoms with Crippen molar-refractivity contribution >= 4 is 0 Å². The minimum Gasteiger partial charge on any atom is -0.359 e. The average Bonchev–Trinajstić information content (AvgIpc) is 3.94. The Hall–Kier alpha value is -6.34. The first-order valence-corrected chi connectivity index (χ1v) is 19.3. The fraction of sp³-hybridized carbons (Fsp3) is 0.115. The Labute approximate surface area is 333 Å². The van der Waals surface area contributed by atoms with Crippen LogP contribution >= 0.6 is 0 Å². The molecule has 0 atom stereocenters. The fourth-order valence-electron chi connectivity index (χ4n) is 9.47. The summed E-state index contributed by atoms with van der Waals surface area (Å²) in [6.07, 6.45) is 0. The zero-order chi connectivity index (χ0) is 38.4. The number of fused-ring (bicyclic) bond motifs is 6. The van der Waals surface area contributed by atoms with Crippen molar-refractivity contribution < 1.29 is 18.9 Å². The minimum atomic E-state index is -0.932. The molecule has 57 heavy (non-hydrogen) atoms. The van der Waals surface area contributed by atoms with E-state index in [0.717, 1.165) is 83.8 Å². The van der Waals surface area contributed by atoms with Crippen LogP contribution in [0.1, 0.15) is 33.4 Å². The van der Waals surface area contributed by atoms with Crippen LogP contribution in [0, 0.1) is 0 Å². The van der Waals surface area contributed by atoms with Crippen molar-refractivity contribution in [3.05, 3.63) is 221 Å². The highest BCUT2D eigenvalue weighted by Crippen LogP contribution is 2.57. The van der Waals surface area contributed by atoms with Crippen molar-refractivity contribution in [1.29, 1.82) is 0 Å². The van der Waals surface area contributed by atoms with Crippen LogP contribution in [0.2, 0.25) is 0 Å². The summed E-state index contributed by atoms with van der Waals surface area (Å²) in [6, 6.07) is 66.7. The van der Waals surface area contributed by atoms with Crippen LogP contribution in [-0.4, -0.2) is 32.4 Å². The van der Waals surface area contributed by atoms with Gasteiger partial charge in [-0.3, -0.25) is 0 Å². The Balaban J connectivity index is 1.25. The van der Waals surface area contributed by atoms with Gasteiger partial charge in [-0.25, -0.2) is 0 Å². The average molecular weight is 744 g/mol. The normalized spacial score (nSPS) is 14.1. The van der Waals surface area contributed by atoms with Crippen molar-refractivity contribution in [3.63, 3.8) is 0 Å². The topological polar surface area (TPSA) is 41.9 Å². The minimum absolute atomic E-state index is 0.113. The monoisotopic (exact) mass is 743 g/mol. The first-order valence-electron chi connectivity index (χ1n) is 19.3. The molecule has 0 unspecified atom stereocenters. The molecular weight excluding hydrogens is 703 g/mol. The summed E-state index contributed by atoms with van der Waals surface area (Å²) in [7, 11) is 3.36. The summed E-state index contributed by atoms with van der Waals surface area (Å²) in [5, 5.41) is 0. The van der Waals surface area contributed by atoms with Crippen LogP contribution in [0.25, 0.3) is 50.5 Å². The summed E-state index contributed by atoms with van der Waals surface area (Å²) >= 11 is 0. The number of hydrogen-bond donors (Lipinski definition) is 0. The highest BCUT2D eigenvalue weighted by atomic mass is 16.7. The summed E-state index contributed by atoms with van der Waals surface area (Å²) in [4.78, 5) is 0. The van der Waals surface area contributed by atoms with Gasteiger partial charge in [0.2, 0.25) is 0 Å². The summed E-state index contributed by atoms with van der Waals surface area (Å²) < 4.78 is 27.8. The largest absolute Gasteiger partial charge is 0.359 e. The van der Waals surface area contributed by atoms with Gasteiger partial charge in [0.05, 0.1) is 11.4 Å². The van der Waals surface area contributed by atoms with Gasteiger partial charge >= 0.3 is 0 Å². The molecule has 0 saturated heterocycles. The Morgan fingerprint density at radius 1 is 0.333 bits per heavy atom. The third kappa shape index (κ3) is 5.24. The molecule has 278 valence electrons. The van der Waals surface area contributed by atoms with Crippen molar-refractivity contribution in [2.24, 2.45) is 0 Å². The lowest BCUT2D eigenvalue weighted by Gasteiger charge is -2.35. The predicted molar refractivity (Wildman–Crippen MR) is 226 cm³/mol. The second-order valence-corrected chi connectivity index (χ2v) is 14.5. The van der Waals surface area contributed by atoms with Crippen LogP contribution in [-0.2, 0) is 30.1 Å². The molecule has 8 aromatic rings. The second kappa shape index (κ2) is 14.3. The van der Waals surface area contributed by atoms with Crippen LogP contribution in [0.15, 0.2) is 188 Å². The molecule has 1 aromatic heterocycles. The molecule has 0 amide bonds. The second-order valence-electron chi connectivity index (χ2n) is 14.5. The van der Waals surface area contributed by atoms with Crippen molar-refractivity contribution in [3.8, 4) is 50.5 Å². The summed E-state index contributed by atoms with van der Waals surface area (Å²) in [6.45, 7) is 0.226. The molecule has 0 saturated carbocycles. The number of rotatable bonds is 11. The molecule has 0 radical (unpaired) electrons. The molecule has 5 nitrogen and oxygen atoms in total. The van der Waals surface area contributed by atoms with E-state index < -0.39 is 11.2 Å². The molecule has 0 spiro atoms. The van der Waals surface area contributed by atoms with E-state index in [1.165, 1.54) is 0 Å². The first kappa shape index (κ1) is 35.1. The van der Waals surface area contributed by atoms with Crippen molar-refractivity contribution in [2.75, 3.05) is 27.8 Å². The molecule has 0 bridgehead atoms. The zero-order valence-electron chi connectivity index (χ0n) is 31.9. The van der Waals surface area contributed by atoms with Crippen molar-refractivity contribution in [2.45, 2.75) is 11.2 Å². The lowest BCUT2D eigenvalue weighted by Crippen LogP contribution is -2.32. The van der Waals surface area contributed by atoms with E-state index in [2.05, 4.69) is 193 Å². The molecule has 7 aromatic carbocycles. The van der Waals surface area contributed by atoms with Crippen LogP contribution in [0.3, 0.4) is 0 Å². The Kier molecular flexibility index (Phi) is 8.81. The SMILES string of the molecule is COCOC1(c2ccccc2-c2ccc(-c3ccccc3C3(OCOC)c4ccccc4-c4ccccc43)n2-c2ccccc2)c2ccccc2-c2ccccc21. The fourth-order valence-corrected chi connectivity index (χ4v) is 9.47. The van der Waals surface area contributed by atoms with E-state index >= 15 is 0 Å². The summed E-state index contributed by atoms with van der Waals surface area (Å²) in [5.41, 5.74) is 14.4. The number of methoxy groups -OCH3 is 2. The highest BCUT2D eigenvalue weighted by molar-refractivity contribution is 5.88. The first-order chi connectivity index (χ1) is 28.2. The molecule has 0 N–H and O–H groups in total. The molecule has 5 heteroatoms. The molecule has 10 rings (SSSR count). The van der Waals surface area contributed by atoms with E-state index in [-0.39, 0.29) is 13.6 Å². The van der Waals surface area contributed by atoms with Gasteiger partial charge in [-0.15, -0.1) is 0 Å². The van der Waals surface area contributed by atoms with Crippen LogP contribution in [0.4, 0.5) is 0 Å². The van der Waals surface area contributed by atoms with Gasteiger partial charge in [-0.1, -0.05) is 164 Å². The maximum atomic E-state index is 7.02. The van der Waals surface area contributed by atoms with E-state index in [0.29, 0.717) is 0 Å². The lowest BCUT2D eigenvalue weighted by atomic mass is 9.80. The Morgan fingerprint density at radius 2 is 0.614 bits per heavy atom. The molecule has 2 aliphatic rings. The van der Waals surface area contributed by atoms with Gasteiger partial charge in [0, 0.05) is 64.4 Å². The number of nitrogens with zero attached hydrogens (tertiary/aromatic N) is 1. The molecule has 0 aliphatic heterocycles. The van der Waals surface area contributed by atoms with Gasteiger partial charge in [-0.2, -0.15) is 0 Å². The number of benzene rings is 7. The molecule has 2 aliphatic carbocycles. The zero-order valence-corrected chi connectivity index (χ0v) is 31.9. The lowest BCUT2D eigenvalue weighted by molar-refractivity contribution is -0.0951. The third-order valence-corrected chi connectivity index (χ3v) is 11.7. The molecule has 1 heterocycles. The number of aromatic nitrogens is 1. The van der Waals surface area contributed by atoms with E-state index in [9.17, 15) is 0 Å². The van der Waals surface area contributed by atoms with E-state index in [1.54, 1.807) is 14.2 Å². The van der Waals surface area contributed by atoms with Gasteiger partial charge in [0.25, 0.3) is 0 Å². The Morgan fingerprint density at radius 3 is 0.947 bits per heavy atom. The highest BCUT2D eigenvalue weighted by Gasteiger charge is 2.49. The predicted octanol–water partition coefficient (Wildman–Crippen LogP) is 11.6. The quantitative estimate of drug-likeness (QED) is 0.124. The van der Waals surface area contributed by atoms with Gasteiger partial charge in [-0.05, 0) is 46.5 Å². The molecular formula is C52H41NO4. The van der Waals surface area contributed by atoms with E-state index in [4.69, 9.17) is 18.9 Å². The third-order valence-electron chi connectivity index (χ3n) is 11.7. The van der Waals surface area contributed by atoms with Crippen LogP contribution < -0.4 is 0 Å². The number of para-hydroxylation sites is 1. The van der Waals surface area contributed by atoms with Crippen LogP contribution in [0.5, 0.6) is 0 Å². The van der Waals surface area contributed by atoms with E-state index in [1.807, 2.05) is 0 Å². The Bertz CT molecular complexity index is 2490. The maximum absolute atomic E-state index is 7.02. The number of hydrogen-bond acceptors (Lipinski definition) is 4. The maximum Gasteiger partial charge on any atom is 0.148 e. The summed E-state index contributed by atoms with van der Waals surface area (Å²) in [5.74, 6) is 0. The van der Waals surface area contributed by atoms with Crippen molar-refractivity contribution in [1.82, 2.24) is 4.57 Å². The molecule has 0 fully saturated rings. The van der Waals surface area contributed by atoms with Gasteiger partial charge < -0.3 is 23.5 Å².